The lowest BCUT2D eigenvalue weighted by Crippen LogP contribution is -2.10. The summed E-state index contributed by atoms with van der Waals surface area (Å²) >= 11 is 5.88. The van der Waals surface area contributed by atoms with Crippen molar-refractivity contribution in [3.63, 3.8) is 0 Å². The molecule has 0 saturated heterocycles. The zero-order valence-electron chi connectivity index (χ0n) is 18.2. The lowest BCUT2D eigenvalue weighted by molar-refractivity contribution is 0.0729. The molecule has 2 aromatic heterocycles. The van der Waals surface area contributed by atoms with Crippen LogP contribution >= 0.6 is 11.6 Å². The Kier molecular flexibility index (Phi) is 6.00. The van der Waals surface area contributed by atoms with Gasteiger partial charge in [-0.1, -0.05) is 16.8 Å². The number of fused-ring (bicyclic) bond motifs is 1. The number of carbonyl (C=O) groups excluding carboxylic acids is 1. The van der Waals surface area contributed by atoms with E-state index < -0.39 is 5.97 Å². The number of aromatic nitrogens is 5. The molecule has 0 aliphatic carbocycles. The summed E-state index contributed by atoms with van der Waals surface area (Å²) in [6, 6.07) is 10.5. The summed E-state index contributed by atoms with van der Waals surface area (Å²) in [6.45, 7) is 4.44. The quantitative estimate of drug-likeness (QED) is 0.329. The van der Waals surface area contributed by atoms with E-state index >= 15 is 0 Å². The number of hydrogen-bond acceptors (Lipinski definition) is 7. The molecule has 4 aromatic rings. The number of ether oxygens (including phenoxy) is 2. The van der Waals surface area contributed by atoms with Crippen molar-refractivity contribution < 1.29 is 14.3 Å². The molecule has 2 aromatic carbocycles. The number of methoxy groups -OCH3 is 1. The number of nitrogens with one attached hydrogen (secondary N) is 1. The molecule has 0 bridgehead atoms. The first-order valence-corrected chi connectivity index (χ1v) is 10.4. The van der Waals surface area contributed by atoms with Crippen LogP contribution < -0.4 is 14.8 Å². The molecule has 0 saturated carbocycles. The number of esters is 1. The van der Waals surface area contributed by atoms with E-state index in [9.17, 15) is 4.79 Å². The summed E-state index contributed by atoms with van der Waals surface area (Å²) in [4.78, 5) is 17.1. The number of aryl methyl sites for hydroxylation is 1. The maximum absolute atomic E-state index is 12.6. The van der Waals surface area contributed by atoms with E-state index in [1.54, 1.807) is 42.3 Å². The topological polar surface area (TPSA) is 96.1 Å². The van der Waals surface area contributed by atoms with Gasteiger partial charge in [0.25, 0.3) is 0 Å². The van der Waals surface area contributed by atoms with Crippen LogP contribution in [0, 0.1) is 0 Å². The average molecular weight is 455 g/mol. The molecule has 166 valence electrons. The van der Waals surface area contributed by atoms with Crippen molar-refractivity contribution in [2.24, 2.45) is 7.05 Å². The van der Waals surface area contributed by atoms with Crippen molar-refractivity contribution in [1.82, 2.24) is 24.5 Å². The minimum Gasteiger partial charge on any atom is -0.494 e. The molecule has 32 heavy (non-hydrogen) atoms. The van der Waals surface area contributed by atoms with Crippen LogP contribution in [0.2, 0.25) is 5.02 Å². The first kappa shape index (κ1) is 21.6. The van der Waals surface area contributed by atoms with Gasteiger partial charge in [0, 0.05) is 36.1 Å². The molecular weight excluding hydrogens is 432 g/mol. The van der Waals surface area contributed by atoms with Crippen molar-refractivity contribution in [2.75, 3.05) is 12.4 Å². The summed E-state index contributed by atoms with van der Waals surface area (Å²) in [5, 5.41) is 12.1. The van der Waals surface area contributed by atoms with Gasteiger partial charge in [-0.05, 0) is 44.2 Å². The highest BCUT2D eigenvalue weighted by molar-refractivity contribution is 6.30. The lowest BCUT2D eigenvalue weighted by atomic mass is 10.2. The van der Waals surface area contributed by atoms with Crippen LogP contribution in [0.3, 0.4) is 0 Å². The van der Waals surface area contributed by atoms with Crippen LogP contribution in [0.15, 0.2) is 42.6 Å². The fraction of sp³-hybridized carbons (Fsp3) is 0.273. The van der Waals surface area contributed by atoms with Gasteiger partial charge in [0.15, 0.2) is 17.0 Å². The van der Waals surface area contributed by atoms with Crippen LogP contribution in [0.25, 0.3) is 11.0 Å². The molecule has 1 N–H and O–H groups in total. The van der Waals surface area contributed by atoms with Crippen molar-refractivity contribution in [3.8, 4) is 11.5 Å². The zero-order chi connectivity index (χ0) is 22.8. The Morgan fingerprint density at radius 2 is 1.97 bits per heavy atom. The fourth-order valence-electron chi connectivity index (χ4n) is 3.31. The molecule has 0 amide bonds. The van der Waals surface area contributed by atoms with E-state index in [1.807, 2.05) is 37.6 Å². The zero-order valence-corrected chi connectivity index (χ0v) is 18.9. The number of imidazole rings is 1. The Labute approximate surface area is 189 Å². The molecular formula is C22H23ClN6O3. The van der Waals surface area contributed by atoms with E-state index in [0.717, 1.165) is 11.2 Å². The van der Waals surface area contributed by atoms with Crippen molar-refractivity contribution >= 4 is 34.3 Å². The second-order valence-corrected chi connectivity index (χ2v) is 7.94. The predicted molar refractivity (Wildman–Crippen MR) is 121 cm³/mol. The van der Waals surface area contributed by atoms with Crippen molar-refractivity contribution in [2.45, 2.75) is 26.4 Å². The van der Waals surface area contributed by atoms with Crippen LogP contribution in [0.1, 0.15) is 36.2 Å². The van der Waals surface area contributed by atoms with Crippen molar-refractivity contribution in [3.05, 3.63) is 59.1 Å². The first-order chi connectivity index (χ1) is 15.4. The molecule has 0 radical (unpaired) electrons. The Hall–Kier alpha value is -3.59. The summed E-state index contributed by atoms with van der Waals surface area (Å²) in [7, 11) is 3.42. The average Bonchev–Trinajstić information content (AvgIpc) is 3.37. The van der Waals surface area contributed by atoms with Gasteiger partial charge in [0.2, 0.25) is 0 Å². The Morgan fingerprint density at radius 1 is 1.22 bits per heavy atom. The third-order valence-electron chi connectivity index (χ3n) is 4.95. The minimum absolute atomic E-state index is 0.106. The van der Waals surface area contributed by atoms with Gasteiger partial charge in [-0.15, -0.1) is 5.10 Å². The molecule has 2 heterocycles. The van der Waals surface area contributed by atoms with Gasteiger partial charge >= 0.3 is 5.97 Å². The summed E-state index contributed by atoms with van der Waals surface area (Å²) < 4.78 is 14.5. The molecule has 0 fully saturated rings. The third-order valence-corrected chi connectivity index (χ3v) is 5.20. The van der Waals surface area contributed by atoms with Gasteiger partial charge in [0.1, 0.15) is 11.6 Å². The fourth-order valence-corrected chi connectivity index (χ4v) is 3.44. The van der Waals surface area contributed by atoms with Gasteiger partial charge < -0.3 is 19.4 Å². The minimum atomic E-state index is -0.531. The number of rotatable bonds is 7. The monoisotopic (exact) mass is 454 g/mol. The molecule has 0 aliphatic heterocycles. The normalized spacial score (nSPS) is 11.2. The maximum atomic E-state index is 12.6. The number of anilines is 1. The van der Waals surface area contributed by atoms with E-state index in [0.29, 0.717) is 34.4 Å². The van der Waals surface area contributed by atoms with Crippen LogP contribution in [0.5, 0.6) is 11.5 Å². The second kappa shape index (κ2) is 8.88. The number of hydrogen-bond donors (Lipinski definition) is 1. The Morgan fingerprint density at radius 3 is 2.66 bits per heavy atom. The molecule has 0 unspecified atom stereocenters. The van der Waals surface area contributed by atoms with E-state index in [1.165, 1.54) is 0 Å². The van der Waals surface area contributed by atoms with Gasteiger partial charge in [-0.3, -0.25) is 0 Å². The Balaban J connectivity index is 1.55. The summed E-state index contributed by atoms with van der Waals surface area (Å²) in [5.74, 6) is 1.20. The molecule has 0 aliphatic rings. The lowest BCUT2D eigenvalue weighted by Gasteiger charge is -2.13. The largest absolute Gasteiger partial charge is 0.494 e. The highest BCUT2D eigenvalue weighted by Crippen LogP contribution is 2.28. The number of carbonyl (C=O) groups is 1. The molecule has 0 spiro atoms. The van der Waals surface area contributed by atoms with Crippen LogP contribution in [-0.4, -0.2) is 37.6 Å². The van der Waals surface area contributed by atoms with Gasteiger partial charge in [-0.25, -0.2) is 14.5 Å². The predicted octanol–water partition coefficient (Wildman–Crippen LogP) is 4.24. The van der Waals surface area contributed by atoms with E-state index in [2.05, 4.69) is 20.6 Å². The standard InChI is InChI=1S/C22H23ClN6O3/c1-13(2)29-12-17(22(30)32-16-7-5-14(23)6-8-16)25-20(29)11-24-15-9-18-21(19(10-15)31-4)26-27-28(18)3/h5-10,12-13,24H,11H2,1-4H3. The third kappa shape index (κ3) is 4.38. The highest BCUT2D eigenvalue weighted by Gasteiger charge is 2.18. The number of benzene rings is 2. The first-order valence-electron chi connectivity index (χ1n) is 10.0. The maximum Gasteiger partial charge on any atom is 0.363 e. The molecule has 10 heteroatoms. The molecule has 9 nitrogen and oxygen atoms in total. The smallest absolute Gasteiger partial charge is 0.363 e. The second-order valence-electron chi connectivity index (χ2n) is 7.50. The van der Waals surface area contributed by atoms with Gasteiger partial charge in [0.05, 0.1) is 19.2 Å². The summed E-state index contributed by atoms with van der Waals surface area (Å²) in [5.41, 5.74) is 2.58. The number of nitrogens with zero attached hydrogens (tertiary/aromatic N) is 5. The summed E-state index contributed by atoms with van der Waals surface area (Å²) in [6.07, 6.45) is 1.70. The molecule has 0 atom stereocenters. The SMILES string of the molecule is COc1cc(NCc2nc(C(=O)Oc3ccc(Cl)cc3)cn2C(C)C)cc2c1nnn2C. The van der Waals surface area contributed by atoms with Crippen LogP contribution in [-0.2, 0) is 13.6 Å². The van der Waals surface area contributed by atoms with Crippen LogP contribution in [0.4, 0.5) is 5.69 Å². The van der Waals surface area contributed by atoms with Gasteiger partial charge in [-0.2, -0.15) is 0 Å². The highest BCUT2D eigenvalue weighted by atomic mass is 35.5. The van der Waals surface area contributed by atoms with E-state index in [-0.39, 0.29) is 11.7 Å². The Bertz CT molecular complexity index is 1260. The van der Waals surface area contributed by atoms with E-state index in [4.69, 9.17) is 21.1 Å². The molecule has 4 rings (SSSR count). The van der Waals surface area contributed by atoms with Crippen molar-refractivity contribution in [1.29, 1.82) is 0 Å². The number of halogens is 1.